The van der Waals surface area contributed by atoms with Crippen molar-refractivity contribution in [3.63, 3.8) is 0 Å². The minimum Gasteiger partial charge on any atom is -0.493 e. The van der Waals surface area contributed by atoms with Crippen LogP contribution in [0, 0.1) is 5.92 Å². The molecule has 192 valence electrons. The van der Waals surface area contributed by atoms with Crippen LogP contribution < -0.4 is 24.9 Å². The van der Waals surface area contributed by atoms with Gasteiger partial charge in [0.15, 0.2) is 4.80 Å². The molecule has 0 fully saturated rings. The van der Waals surface area contributed by atoms with Crippen molar-refractivity contribution >= 4 is 29.0 Å². The Labute approximate surface area is 225 Å². The van der Waals surface area contributed by atoms with Crippen molar-refractivity contribution in [2.75, 3.05) is 11.9 Å². The topological polar surface area (TPSA) is 72.7 Å². The fourth-order valence-corrected chi connectivity index (χ4v) is 5.40. The molecule has 0 saturated carbocycles. The number of para-hydroxylation sites is 1. The first kappa shape index (κ1) is 25.4. The van der Waals surface area contributed by atoms with E-state index in [2.05, 4.69) is 19.2 Å². The number of amides is 1. The molecule has 2 heterocycles. The molecule has 0 bridgehead atoms. The summed E-state index contributed by atoms with van der Waals surface area (Å²) in [6.45, 7) is 6.68. The number of carbonyl (C=O) groups excluding carboxylic acids is 1. The molecule has 0 unspecified atom stereocenters. The fourth-order valence-electron chi connectivity index (χ4n) is 4.36. The van der Waals surface area contributed by atoms with Crippen LogP contribution in [0.1, 0.15) is 37.9 Å². The first-order chi connectivity index (χ1) is 18.4. The molecule has 4 aromatic rings. The quantitative estimate of drug-likeness (QED) is 0.374. The van der Waals surface area contributed by atoms with E-state index in [1.54, 1.807) is 4.57 Å². The highest BCUT2D eigenvalue weighted by atomic mass is 32.1. The molecule has 0 radical (unpaired) electrons. The number of hydrogen-bond acceptors (Lipinski definition) is 5. The molecule has 6 nitrogen and oxygen atoms in total. The number of anilines is 1. The Hall–Kier alpha value is -4.23. The molecule has 1 amide bonds. The van der Waals surface area contributed by atoms with Crippen molar-refractivity contribution in [3.8, 4) is 5.75 Å². The summed E-state index contributed by atoms with van der Waals surface area (Å²) in [4.78, 5) is 32.6. The van der Waals surface area contributed by atoms with Crippen LogP contribution in [0.15, 0.2) is 106 Å². The molecule has 7 heteroatoms. The van der Waals surface area contributed by atoms with Crippen molar-refractivity contribution in [1.82, 2.24) is 4.57 Å². The number of benzene rings is 3. The Kier molecular flexibility index (Phi) is 7.38. The fraction of sp³-hybridized carbons (Fsp3) is 0.194. The molecular formula is C31H29N3O3S. The molecule has 1 aliphatic heterocycles. The predicted molar refractivity (Wildman–Crippen MR) is 152 cm³/mol. The van der Waals surface area contributed by atoms with Gasteiger partial charge in [-0.05, 0) is 54.3 Å². The second-order valence-electron chi connectivity index (χ2n) is 9.59. The number of ether oxygens (including phenoxy) is 1. The smallest absolute Gasteiger partial charge is 0.271 e. The predicted octanol–water partition coefficient (Wildman–Crippen LogP) is 4.91. The van der Waals surface area contributed by atoms with E-state index in [-0.39, 0.29) is 11.5 Å². The third kappa shape index (κ3) is 5.38. The highest BCUT2D eigenvalue weighted by molar-refractivity contribution is 7.07. The molecule has 38 heavy (non-hydrogen) atoms. The number of carbonyl (C=O) groups is 1. The summed E-state index contributed by atoms with van der Waals surface area (Å²) in [7, 11) is 0. The van der Waals surface area contributed by atoms with Gasteiger partial charge in [0.05, 0.1) is 28.5 Å². The number of thiazole rings is 1. The first-order valence-corrected chi connectivity index (χ1v) is 13.4. The van der Waals surface area contributed by atoms with Crippen molar-refractivity contribution in [1.29, 1.82) is 0 Å². The van der Waals surface area contributed by atoms with Crippen LogP contribution in [-0.4, -0.2) is 17.1 Å². The van der Waals surface area contributed by atoms with Crippen LogP contribution >= 0.6 is 11.3 Å². The van der Waals surface area contributed by atoms with E-state index in [1.807, 2.05) is 97.9 Å². The second kappa shape index (κ2) is 11.0. The number of aromatic nitrogens is 1. The van der Waals surface area contributed by atoms with Gasteiger partial charge in [-0.3, -0.25) is 14.2 Å². The summed E-state index contributed by atoms with van der Waals surface area (Å²) in [5.74, 6) is 0.959. The van der Waals surface area contributed by atoms with E-state index in [9.17, 15) is 9.59 Å². The maximum absolute atomic E-state index is 13.8. The van der Waals surface area contributed by atoms with Crippen molar-refractivity contribution in [2.24, 2.45) is 10.9 Å². The number of allylic oxidation sites excluding steroid dienone is 1. The molecule has 3 aromatic carbocycles. The summed E-state index contributed by atoms with van der Waals surface area (Å²) in [6.07, 6.45) is 1.86. The van der Waals surface area contributed by atoms with Crippen molar-refractivity contribution < 1.29 is 9.53 Å². The average Bonchev–Trinajstić information content (AvgIpc) is 3.22. The Morgan fingerprint density at radius 1 is 1.03 bits per heavy atom. The van der Waals surface area contributed by atoms with Gasteiger partial charge in [-0.2, -0.15) is 0 Å². The van der Waals surface area contributed by atoms with E-state index in [1.165, 1.54) is 11.3 Å². The van der Waals surface area contributed by atoms with E-state index in [4.69, 9.17) is 9.73 Å². The van der Waals surface area contributed by atoms with Gasteiger partial charge in [0.25, 0.3) is 11.5 Å². The van der Waals surface area contributed by atoms with E-state index < -0.39 is 6.04 Å². The summed E-state index contributed by atoms with van der Waals surface area (Å²) >= 11 is 1.33. The van der Waals surface area contributed by atoms with Crippen LogP contribution in [0.25, 0.3) is 6.08 Å². The lowest BCUT2D eigenvalue weighted by atomic mass is 9.95. The second-order valence-corrected chi connectivity index (χ2v) is 10.6. The monoisotopic (exact) mass is 523 g/mol. The first-order valence-electron chi connectivity index (χ1n) is 12.6. The van der Waals surface area contributed by atoms with Crippen LogP contribution in [0.3, 0.4) is 0 Å². The average molecular weight is 524 g/mol. The van der Waals surface area contributed by atoms with Crippen LogP contribution in [0.2, 0.25) is 0 Å². The van der Waals surface area contributed by atoms with Crippen molar-refractivity contribution in [2.45, 2.75) is 26.8 Å². The lowest BCUT2D eigenvalue weighted by molar-refractivity contribution is -0.113. The number of nitrogens with one attached hydrogen (secondary N) is 1. The zero-order valence-corrected chi connectivity index (χ0v) is 22.4. The van der Waals surface area contributed by atoms with Crippen LogP contribution in [0.4, 0.5) is 5.69 Å². The zero-order valence-electron chi connectivity index (χ0n) is 21.5. The Morgan fingerprint density at radius 2 is 1.68 bits per heavy atom. The van der Waals surface area contributed by atoms with Gasteiger partial charge in [0.2, 0.25) is 0 Å². The maximum Gasteiger partial charge on any atom is 0.271 e. The molecule has 5 rings (SSSR count). The zero-order chi connectivity index (χ0) is 26.6. The standard InChI is InChI=1S/C31H29N3O3S/c1-20(2)19-37-25-16-14-22(15-17-25)18-26-30(36)34-28(23-10-6-4-7-11-23)27(21(3)32-31(34)38-26)29(35)33-24-12-8-5-9-13-24/h4-18,20,28H,19H2,1-3H3,(H,33,35)/b26-18+/t28-/m0/s1. The molecule has 1 N–H and O–H groups in total. The van der Waals surface area contributed by atoms with E-state index >= 15 is 0 Å². The molecule has 0 saturated heterocycles. The van der Waals surface area contributed by atoms with E-state index in [0.29, 0.717) is 38.8 Å². The lowest BCUT2D eigenvalue weighted by Crippen LogP contribution is -2.40. The Bertz CT molecular complexity index is 1650. The molecule has 0 spiro atoms. The molecule has 1 aliphatic rings. The van der Waals surface area contributed by atoms with Gasteiger partial charge in [0.1, 0.15) is 5.75 Å². The number of nitrogens with zero attached hydrogens (tertiary/aromatic N) is 2. The van der Waals surface area contributed by atoms with Gasteiger partial charge in [-0.25, -0.2) is 4.99 Å². The Morgan fingerprint density at radius 3 is 2.34 bits per heavy atom. The third-order valence-corrected chi connectivity index (χ3v) is 7.16. The highest BCUT2D eigenvalue weighted by Gasteiger charge is 2.32. The summed E-state index contributed by atoms with van der Waals surface area (Å²) < 4.78 is 7.97. The third-order valence-electron chi connectivity index (χ3n) is 6.17. The molecule has 1 atom stereocenters. The van der Waals surface area contributed by atoms with Crippen LogP contribution in [-0.2, 0) is 4.79 Å². The number of hydrogen-bond donors (Lipinski definition) is 1. The molecule has 1 aromatic heterocycles. The van der Waals surface area contributed by atoms with Gasteiger partial charge in [-0.15, -0.1) is 0 Å². The minimum atomic E-state index is -0.592. The summed E-state index contributed by atoms with van der Waals surface area (Å²) in [6, 6.07) is 26.0. The Balaban J connectivity index is 1.56. The highest BCUT2D eigenvalue weighted by Crippen LogP contribution is 2.30. The number of fused-ring (bicyclic) bond motifs is 1. The largest absolute Gasteiger partial charge is 0.493 e. The number of rotatable bonds is 7. The van der Waals surface area contributed by atoms with Gasteiger partial charge >= 0.3 is 0 Å². The summed E-state index contributed by atoms with van der Waals surface area (Å²) in [5, 5.41) is 2.97. The molecule has 0 aliphatic carbocycles. The van der Waals surface area contributed by atoms with Gasteiger partial charge < -0.3 is 10.1 Å². The minimum absolute atomic E-state index is 0.180. The van der Waals surface area contributed by atoms with Crippen LogP contribution in [0.5, 0.6) is 5.75 Å². The maximum atomic E-state index is 13.8. The van der Waals surface area contributed by atoms with Gasteiger partial charge in [0, 0.05) is 5.69 Å². The van der Waals surface area contributed by atoms with Crippen molar-refractivity contribution in [3.05, 3.63) is 127 Å². The lowest BCUT2D eigenvalue weighted by Gasteiger charge is -2.25. The molecular weight excluding hydrogens is 494 g/mol. The normalized spacial score (nSPS) is 15.3. The van der Waals surface area contributed by atoms with Gasteiger partial charge in [-0.1, -0.05) is 85.8 Å². The summed E-state index contributed by atoms with van der Waals surface area (Å²) in [5.41, 5.74) is 3.28. The van der Waals surface area contributed by atoms with E-state index in [0.717, 1.165) is 16.9 Å². The SMILES string of the molecule is CC1=C(C(=O)Nc2ccccc2)[C@H](c2ccccc2)n2c(s/c(=C/c3ccc(OCC(C)C)cc3)c2=O)=N1.